The highest BCUT2D eigenvalue weighted by molar-refractivity contribution is 5.81. The molecule has 1 heterocycles. The summed E-state index contributed by atoms with van der Waals surface area (Å²) in [5, 5.41) is 0. The molecular formula is C21H37NO2. The minimum Gasteiger partial charge on any atom is -0.365 e. The van der Waals surface area contributed by atoms with Crippen molar-refractivity contribution in [2.75, 3.05) is 13.1 Å². The Bertz CT molecular complexity index is 377. The zero-order valence-electron chi connectivity index (χ0n) is 15.7. The first-order chi connectivity index (χ1) is 11.8. The fraction of sp³-hybridized carbons (Fsp3) is 0.952. The largest absolute Gasteiger partial charge is 0.365 e. The molecule has 1 aliphatic heterocycles. The molecule has 24 heavy (non-hydrogen) atoms. The van der Waals surface area contributed by atoms with Crippen molar-refractivity contribution in [1.29, 1.82) is 0 Å². The third kappa shape index (κ3) is 4.97. The normalized spacial score (nSPS) is 30.5. The van der Waals surface area contributed by atoms with Gasteiger partial charge in [-0.05, 0) is 63.2 Å². The highest BCUT2D eigenvalue weighted by Gasteiger charge is 2.31. The van der Waals surface area contributed by atoms with Crippen molar-refractivity contribution in [3.63, 3.8) is 0 Å². The van der Waals surface area contributed by atoms with Gasteiger partial charge >= 0.3 is 0 Å². The molecule has 0 N–H and O–H groups in total. The lowest BCUT2D eigenvalue weighted by molar-refractivity contribution is -0.148. The third-order valence-corrected chi connectivity index (χ3v) is 6.61. The molecule has 0 bridgehead atoms. The Morgan fingerprint density at radius 2 is 1.54 bits per heavy atom. The second-order valence-corrected chi connectivity index (χ2v) is 8.45. The maximum atomic E-state index is 12.6. The summed E-state index contributed by atoms with van der Waals surface area (Å²) < 4.78 is 6.26. The van der Waals surface area contributed by atoms with Crippen LogP contribution in [0.25, 0.3) is 0 Å². The van der Waals surface area contributed by atoms with E-state index in [1.54, 1.807) is 0 Å². The van der Waals surface area contributed by atoms with Gasteiger partial charge in [0, 0.05) is 13.1 Å². The van der Waals surface area contributed by atoms with Crippen molar-refractivity contribution in [3.8, 4) is 0 Å². The molecule has 3 heteroatoms. The Hall–Kier alpha value is -0.570. The van der Waals surface area contributed by atoms with Gasteiger partial charge in [0.15, 0.2) is 0 Å². The lowest BCUT2D eigenvalue weighted by Gasteiger charge is -2.34. The Morgan fingerprint density at radius 1 is 0.917 bits per heavy atom. The average molecular weight is 336 g/mol. The molecule has 0 spiro atoms. The van der Waals surface area contributed by atoms with Gasteiger partial charge in [0.2, 0.25) is 0 Å². The number of nitrogens with zero attached hydrogens (tertiary/aromatic N) is 1. The van der Waals surface area contributed by atoms with Gasteiger partial charge in [-0.1, -0.05) is 39.0 Å². The van der Waals surface area contributed by atoms with Crippen molar-refractivity contribution in [2.24, 2.45) is 11.8 Å². The predicted molar refractivity (Wildman–Crippen MR) is 97.9 cm³/mol. The monoisotopic (exact) mass is 335 g/mol. The van der Waals surface area contributed by atoms with E-state index in [-0.39, 0.29) is 12.0 Å². The van der Waals surface area contributed by atoms with Gasteiger partial charge in [-0.25, -0.2) is 0 Å². The second kappa shape index (κ2) is 9.22. The number of hydrogen-bond donors (Lipinski definition) is 0. The number of carbonyl (C=O) groups excluding carboxylic acids is 1. The van der Waals surface area contributed by atoms with Crippen LogP contribution in [0.15, 0.2) is 0 Å². The van der Waals surface area contributed by atoms with E-state index >= 15 is 0 Å². The van der Waals surface area contributed by atoms with E-state index in [0.29, 0.717) is 6.10 Å². The van der Waals surface area contributed by atoms with E-state index in [0.717, 1.165) is 44.2 Å². The minimum absolute atomic E-state index is 0.192. The van der Waals surface area contributed by atoms with Crippen molar-refractivity contribution in [3.05, 3.63) is 0 Å². The van der Waals surface area contributed by atoms with Crippen LogP contribution in [0.4, 0.5) is 0 Å². The van der Waals surface area contributed by atoms with Crippen LogP contribution in [-0.2, 0) is 9.53 Å². The standard InChI is InChI=1S/C21H37NO2/c1-2-20(21(23)22-14-6-7-15-22)24-19-12-10-18(11-13-19)16-17-8-4-3-5-9-17/h17-20H,2-16H2,1H3. The number of ether oxygens (including phenoxy) is 1. The van der Waals surface area contributed by atoms with Crippen LogP contribution in [0.1, 0.15) is 90.4 Å². The van der Waals surface area contributed by atoms with Gasteiger partial charge in [-0.15, -0.1) is 0 Å². The Labute approximate surface area is 148 Å². The first-order valence-corrected chi connectivity index (χ1v) is 10.7. The summed E-state index contributed by atoms with van der Waals surface area (Å²) in [4.78, 5) is 14.6. The Kier molecular flexibility index (Phi) is 7.00. The fourth-order valence-electron chi connectivity index (χ4n) is 5.10. The number of carbonyl (C=O) groups is 1. The van der Waals surface area contributed by atoms with Crippen molar-refractivity contribution < 1.29 is 9.53 Å². The van der Waals surface area contributed by atoms with Crippen LogP contribution in [0, 0.1) is 11.8 Å². The Morgan fingerprint density at radius 3 is 2.17 bits per heavy atom. The molecule has 3 aliphatic rings. The summed E-state index contributed by atoms with van der Waals surface area (Å²) in [6.07, 6.45) is 17.0. The number of amides is 1. The van der Waals surface area contributed by atoms with E-state index in [1.807, 2.05) is 4.90 Å². The highest BCUT2D eigenvalue weighted by atomic mass is 16.5. The zero-order valence-corrected chi connectivity index (χ0v) is 15.7. The summed E-state index contributed by atoms with van der Waals surface area (Å²) in [6.45, 7) is 3.97. The molecular weight excluding hydrogens is 298 g/mol. The topological polar surface area (TPSA) is 29.5 Å². The van der Waals surface area contributed by atoms with Crippen LogP contribution in [0.3, 0.4) is 0 Å². The maximum Gasteiger partial charge on any atom is 0.251 e. The first kappa shape index (κ1) is 18.2. The van der Waals surface area contributed by atoms with E-state index in [1.165, 1.54) is 64.2 Å². The zero-order chi connectivity index (χ0) is 16.8. The van der Waals surface area contributed by atoms with Crippen LogP contribution >= 0.6 is 0 Å². The summed E-state index contributed by atoms with van der Waals surface area (Å²) in [7, 11) is 0. The Balaban J connectivity index is 1.39. The number of hydrogen-bond acceptors (Lipinski definition) is 2. The van der Waals surface area contributed by atoms with Crippen LogP contribution in [-0.4, -0.2) is 36.1 Å². The molecule has 2 aliphatic carbocycles. The number of rotatable bonds is 6. The summed E-state index contributed by atoms with van der Waals surface area (Å²) in [5.74, 6) is 2.17. The molecule has 1 amide bonds. The molecule has 2 saturated carbocycles. The minimum atomic E-state index is -0.192. The van der Waals surface area contributed by atoms with Crippen molar-refractivity contribution in [1.82, 2.24) is 4.90 Å². The molecule has 1 unspecified atom stereocenters. The highest BCUT2D eigenvalue weighted by Crippen LogP contribution is 2.36. The van der Waals surface area contributed by atoms with E-state index in [9.17, 15) is 4.79 Å². The molecule has 3 fully saturated rings. The van der Waals surface area contributed by atoms with Gasteiger partial charge in [0.25, 0.3) is 5.91 Å². The average Bonchev–Trinajstić information content (AvgIpc) is 3.16. The van der Waals surface area contributed by atoms with Gasteiger partial charge in [-0.2, -0.15) is 0 Å². The van der Waals surface area contributed by atoms with Crippen molar-refractivity contribution in [2.45, 2.75) is 103 Å². The first-order valence-electron chi connectivity index (χ1n) is 10.7. The molecule has 3 nitrogen and oxygen atoms in total. The van der Waals surface area contributed by atoms with Gasteiger partial charge < -0.3 is 9.64 Å². The second-order valence-electron chi connectivity index (χ2n) is 8.45. The third-order valence-electron chi connectivity index (χ3n) is 6.61. The van der Waals surface area contributed by atoms with Crippen LogP contribution in [0.5, 0.6) is 0 Å². The van der Waals surface area contributed by atoms with Crippen molar-refractivity contribution >= 4 is 5.91 Å². The molecule has 0 aromatic heterocycles. The molecule has 3 rings (SSSR count). The smallest absolute Gasteiger partial charge is 0.251 e. The molecule has 1 atom stereocenters. The predicted octanol–water partition coefficient (Wildman–Crippen LogP) is 4.93. The summed E-state index contributed by atoms with van der Waals surface area (Å²) in [5.41, 5.74) is 0. The van der Waals surface area contributed by atoms with Gasteiger partial charge in [0.05, 0.1) is 6.10 Å². The lowest BCUT2D eigenvalue weighted by atomic mass is 9.77. The maximum absolute atomic E-state index is 12.6. The number of likely N-dealkylation sites (tertiary alicyclic amines) is 1. The SMILES string of the molecule is CCC(OC1CCC(CC2CCCCC2)CC1)C(=O)N1CCCC1. The summed E-state index contributed by atoms with van der Waals surface area (Å²) >= 11 is 0. The lowest BCUT2D eigenvalue weighted by Crippen LogP contribution is -2.41. The van der Waals surface area contributed by atoms with E-state index in [4.69, 9.17) is 4.74 Å². The van der Waals surface area contributed by atoms with E-state index < -0.39 is 0 Å². The van der Waals surface area contributed by atoms with E-state index in [2.05, 4.69) is 6.92 Å². The van der Waals surface area contributed by atoms with Gasteiger partial charge in [-0.3, -0.25) is 4.79 Å². The molecule has 0 aromatic rings. The molecule has 1 saturated heterocycles. The molecule has 138 valence electrons. The molecule has 0 radical (unpaired) electrons. The van der Waals surface area contributed by atoms with Crippen LogP contribution < -0.4 is 0 Å². The fourth-order valence-corrected chi connectivity index (χ4v) is 5.10. The van der Waals surface area contributed by atoms with Crippen LogP contribution in [0.2, 0.25) is 0 Å². The summed E-state index contributed by atoms with van der Waals surface area (Å²) in [6, 6.07) is 0. The quantitative estimate of drug-likeness (QED) is 0.688. The molecule has 0 aromatic carbocycles. The van der Waals surface area contributed by atoms with Gasteiger partial charge in [0.1, 0.15) is 6.10 Å².